The van der Waals surface area contributed by atoms with Crippen molar-refractivity contribution in [3.05, 3.63) is 48.0 Å². The van der Waals surface area contributed by atoms with Crippen LogP contribution in [0.5, 0.6) is 17.2 Å². The molecule has 0 saturated heterocycles. The molecule has 0 aliphatic heterocycles. The SMILES string of the molecule is CCCCCCCCCCCCc1ccc([O-])c(Oc2cccc(S(=O)(=O)O)c2)c1.[Na+]. The Labute approximate surface area is 209 Å². The molecular formula is C24H33NaO5S. The second-order valence-corrected chi connectivity index (χ2v) is 9.19. The molecule has 0 unspecified atom stereocenters. The fourth-order valence-electron chi connectivity index (χ4n) is 3.43. The Morgan fingerprint density at radius 1 is 0.871 bits per heavy atom. The first-order valence-electron chi connectivity index (χ1n) is 11.0. The van der Waals surface area contributed by atoms with Crippen molar-refractivity contribution in [2.45, 2.75) is 82.4 Å². The van der Waals surface area contributed by atoms with Gasteiger partial charge in [-0.05, 0) is 36.6 Å². The third kappa shape index (κ3) is 10.9. The van der Waals surface area contributed by atoms with Crippen molar-refractivity contribution in [3.8, 4) is 17.2 Å². The summed E-state index contributed by atoms with van der Waals surface area (Å²) in [5, 5.41) is 12.1. The molecule has 0 amide bonds. The van der Waals surface area contributed by atoms with Crippen LogP contribution in [0, 0.1) is 0 Å². The molecule has 5 nitrogen and oxygen atoms in total. The normalized spacial score (nSPS) is 11.2. The van der Waals surface area contributed by atoms with Crippen LogP contribution in [0.3, 0.4) is 0 Å². The molecular weight excluding hydrogens is 423 g/mol. The molecule has 0 aromatic heterocycles. The van der Waals surface area contributed by atoms with Crippen molar-refractivity contribution >= 4 is 10.1 Å². The molecule has 0 atom stereocenters. The molecule has 0 radical (unpaired) electrons. The topological polar surface area (TPSA) is 86.7 Å². The van der Waals surface area contributed by atoms with Crippen LogP contribution in [0.15, 0.2) is 47.4 Å². The number of aryl methyl sites for hydroxylation is 1. The average Bonchev–Trinajstić information content (AvgIpc) is 2.71. The number of unbranched alkanes of at least 4 members (excludes halogenated alkanes) is 9. The van der Waals surface area contributed by atoms with Crippen LogP contribution in [0.1, 0.15) is 76.7 Å². The standard InChI is InChI=1S/C24H34O5S.Na/c1-2-3-4-5-6-7-8-9-10-11-13-20-16-17-23(25)24(18-20)29-21-14-12-15-22(19-21)30(26,27)28;/h12,14-19,25H,2-11,13H2,1H3,(H,26,27,28);/q;+1/p-1. The first kappa shape index (κ1) is 28.0. The van der Waals surface area contributed by atoms with Crippen molar-refractivity contribution in [1.29, 1.82) is 0 Å². The van der Waals surface area contributed by atoms with Crippen LogP contribution in [-0.4, -0.2) is 13.0 Å². The van der Waals surface area contributed by atoms with Gasteiger partial charge in [0.15, 0.2) is 0 Å². The van der Waals surface area contributed by atoms with Crippen LogP contribution in [0.25, 0.3) is 0 Å². The van der Waals surface area contributed by atoms with E-state index in [1.807, 2.05) is 6.07 Å². The minimum absolute atomic E-state index is 0. The average molecular weight is 457 g/mol. The van der Waals surface area contributed by atoms with Crippen LogP contribution in [-0.2, 0) is 16.5 Å². The van der Waals surface area contributed by atoms with E-state index in [9.17, 15) is 13.5 Å². The molecule has 0 spiro atoms. The van der Waals surface area contributed by atoms with E-state index in [0.29, 0.717) is 0 Å². The van der Waals surface area contributed by atoms with Crippen molar-refractivity contribution in [2.75, 3.05) is 0 Å². The summed E-state index contributed by atoms with van der Waals surface area (Å²) in [6.45, 7) is 2.24. The Kier molecular flexibility index (Phi) is 13.5. The van der Waals surface area contributed by atoms with Gasteiger partial charge in [-0.1, -0.05) is 88.7 Å². The summed E-state index contributed by atoms with van der Waals surface area (Å²) in [4.78, 5) is -0.269. The van der Waals surface area contributed by atoms with E-state index >= 15 is 0 Å². The second kappa shape index (κ2) is 14.9. The van der Waals surface area contributed by atoms with Crippen LogP contribution >= 0.6 is 0 Å². The molecule has 0 heterocycles. The van der Waals surface area contributed by atoms with Gasteiger partial charge >= 0.3 is 29.6 Å². The summed E-state index contributed by atoms with van der Waals surface area (Å²) in [5.74, 6) is 0.0875. The molecule has 2 aromatic carbocycles. The van der Waals surface area contributed by atoms with Gasteiger partial charge in [-0.15, -0.1) is 0 Å². The maximum Gasteiger partial charge on any atom is 1.00 e. The minimum atomic E-state index is -4.32. The van der Waals surface area contributed by atoms with Gasteiger partial charge in [-0.3, -0.25) is 4.55 Å². The van der Waals surface area contributed by atoms with Gasteiger partial charge in [-0.25, -0.2) is 0 Å². The molecule has 0 aliphatic carbocycles. The molecule has 0 bridgehead atoms. The van der Waals surface area contributed by atoms with Gasteiger partial charge in [0, 0.05) is 6.07 Å². The third-order valence-electron chi connectivity index (χ3n) is 5.16. The van der Waals surface area contributed by atoms with Gasteiger partial charge < -0.3 is 9.84 Å². The summed E-state index contributed by atoms with van der Waals surface area (Å²) in [6, 6.07) is 10.5. The molecule has 1 N–H and O–H groups in total. The number of ether oxygens (including phenoxy) is 1. The van der Waals surface area contributed by atoms with Crippen LogP contribution in [0.4, 0.5) is 0 Å². The molecule has 7 heteroatoms. The minimum Gasteiger partial charge on any atom is -0.870 e. The number of benzene rings is 2. The largest absolute Gasteiger partial charge is 1.00 e. The smallest absolute Gasteiger partial charge is 0.870 e. The number of hydrogen-bond donors (Lipinski definition) is 1. The van der Waals surface area contributed by atoms with E-state index in [1.165, 1.54) is 82.1 Å². The van der Waals surface area contributed by atoms with E-state index in [4.69, 9.17) is 9.29 Å². The zero-order chi connectivity index (χ0) is 21.8. The zero-order valence-corrected chi connectivity index (χ0v) is 21.6. The Hall–Kier alpha value is -1.05. The molecule has 166 valence electrons. The molecule has 0 aliphatic rings. The summed E-state index contributed by atoms with van der Waals surface area (Å²) in [5.41, 5.74) is 1.02. The molecule has 0 fully saturated rings. The third-order valence-corrected chi connectivity index (χ3v) is 6.01. The van der Waals surface area contributed by atoms with E-state index < -0.39 is 10.1 Å². The van der Waals surface area contributed by atoms with E-state index in [-0.39, 0.29) is 51.7 Å². The first-order chi connectivity index (χ1) is 14.4. The van der Waals surface area contributed by atoms with Gasteiger partial charge in [0.25, 0.3) is 10.1 Å². The van der Waals surface area contributed by atoms with E-state index in [1.54, 1.807) is 12.1 Å². The fraction of sp³-hybridized carbons (Fsp3) is 0.500. The van der Waals surface area contributed by atoms with Gasteiger partial charge in [0.05, 0.1) is 4.90 Å². The van der Waals surface area contributed by atoms with E-state index in [2.05, 4.69) is 6.92 Å². The fourth-order valence-corrected chi connectivity index (χ4v) is 3.95. The zero-order valence-electron chi connectivity index (χ0n) is 18.8. The van der Waals surface area contributed by atoms with Crippen molar-refractivity contribution in [2.24, 2.45) is 0 Å². The van der Waals surface area contributed by atoms with Crippen molar-refractivity contribution < 1.29 is 52.4 Å². The monoisotopic (exact) mass is 456 g/mol. The van der Waals surface area contributed by atoms with Gasteiger partial charge in [0.2, 0.25) is 0 Å². The number of rotatable bonds is 14. The Balaban J connectivity index is 0.00000480. The quantitative estimate of drug-likeness (QED) is 0.268. The van der Waals surface area contributed by atoms with Crippen LogP contribution in [0.2, 0.25) is 0 Å². The Morgan fingerprint density at radius 3 is 2.10 bits per heavy atom. The summed E-state index contributed by atoms with van der Waals surface area (Å²) in [6.07, 6.45) is 13.6. The van der Waals surface area contributed by atoms with Crippen LogP contribution < -0.4 is 39.4 Å². The maximum atomic E-state index is 12.1. The van der Waals surface area contributed by atoms with Crippen molar-refractivity contribution in [3.63, 3.8) is 0 Å². The predicted molar refractivity (Wildman–Crippen MR) is 118 cm³/mol. The van der Waals surface area contributed by atoms with Gasteiger partial charge in [-0.2, -0.15) is 8.42 Å². The predicted octanol–water partition coefficient (Wildman–Crippen LogP) is 3.27. The summed E-state index contributed by atoms with van der Waals surface area (Å²) >= 11 is 0. The Bertz CT molecular complexity index is 883. The van der Waals surface area contributed by atoms with Gasteiger partial charge in [0.1, 0.15) is 11.5 Å². The van der Waals surface area contributed by atoms with E-state index in [0.717, 1.165) is 18.4 Å². The Morgan fingerprint density at radius 2 is 1.48 bits per heavy atom. The molecule has 2 rings (SSSR count). The molecule has 2 aromatic rings. The molecule has 31 heavy (non-hydrogen) atoms. The maximum absolute atomic E-state index is 12.1. The van der Waals surface area contributed by atoms with Crippen molar-refractivity contribution in [1.82, 2.24) is 0 Å². The summed E-state index contributed by atoms with van der Waals surface area (Å²) in [7, 11) is -4.32. The molecule has 0 saturated carbocycles. The number of hydrogen-bond acceptors (Lipinski definition) is 4. The first-order valence-corrected chi connectivity index (χ1v) is 12.4. The second-order valence-electron chi connectivity index (χ2n) is 7.77. The summed E-state index contributed by atoms with van der Waals surface area (Å²) < 4.78 is 37.3.